The smallest absolute Gasteiger partial charge is 0.135 e. The normalized spacial score (nSPS) is 11.9. The van der Waals surface area contributed by atoms with E-state index in [-0.39, 0.29) is 0 Å². The third kappa shape index (κ3) is 4.42. The molecule has 0 saturated heterocycles. The average molecular weight is 668 g/mol. The van der Waals surface area contributed by atoms with Crippen molar-refractivity contribution in [3.8, 4) is 39.1 Å². The number of furan rings is 1. The molecule has 238 valence electrons. The van der Waals surface area contributed by atoms with E-state index in [1.54, 1.807) is 0 Å². The lowest BCUT2D eigenvalue weighted by Crippen LogP contribution is -1.95. The van der Waals surface area contributed by atoms with E-state index >= 15 is 0 Å². The maximum absolute atomic E-state index is 6.17. The fourth-order valence-corrected chi connectivity index (χ4v) is 9.21. The number of para-hydroxylation sites is 2. The molecular weight excluding hydrogens is 639 g/mol. The van der Waals surface area contributed by atoms with Crippen LogP contribution in [0.5, 0.6) is 0 Å². The molecule has 0 spiro atoms. The van der Waals surface area contributed by atoms with Gasteiger partial charge in [0.25, 0.3) is 0 Å². The predicted octanol–water partition coefficient (Wildman–Crippen LogP) is 14.1. The van der Waals surface area contributed by atoms with Gasteiger partial charge in [-0.05, 0) is 82.4 Å². The average Bonchev–Trinajstić information content (AvgIpc) is 3.87. The van der Waals surface area contributed by atoms with Gasteiger partial charge in [0.05, 0.1) is 11.0 Å². The lowest BCUT2D eigenvalue weighted by molar-refractivity contribution is 0.669. The van der Waals surface area contributed by atoms with Crippen LogP contribution in [0.3, 0.4) is 0 Å². The van der Waals surface area contributed by atoms with Crippen LogP contribution in [0, 0.1) is 0 Å². The number of hydrogen-bond donors (Lipinski definition) is 0. The van der Waals surface area contributed by atoms with Gasteiger partial charge in [-0.15, -0.1) is 11.3 Å². The Hall–Kier alpha value is -6.42. The van der Waals surface area contributed by atoms with Crippen LogP contribution in [0.4, 0.5) is 0 Å². The first-order valence-corrected chi connectivity index (χ1v) is 18.1. The van der Waals surface area contributed by atoms with Crippen molar-refractivity contribution in [2.45, 2.75) is 0 Å². The molecule has 0 bridgehead atoms. The molecule has 0 saturated carbocycles. The van der Waals surface area contributed by atoms with Gasteiger partial charge in [-0.1, -0.05) is 121 Å². The van der Waals surface area contributed by atoms with Crippen molar-refractivity contribution < 1.29 is 4.42 Å². The third-order valence-electron chi connectivity index (χ3n) is 10.4. The van der Waals surface area contributed by atoms with Gasteiger partial charge < -0.3 is 8.98 Å². The number of benzene rings is 8. The van der Waals surface area contributed by atoms with Crippen molar-refractivity contribution in [2.75, 3.05) is 0 Å². The van der Waals surface area contributed by atoms with Gasteiger partial charge in [0.15, 0.2) is 0 Å². The molecular formula is C48H29NOS. The highest BCUT2D eigenvalue weighted by Gasteiger charge is 2.19. The molecule has 3 heterocycles. The second-order valence-electron chi connectivity index (χ2n) is 13.3. The van der Waals surface area contributed by atoms with Gasteiger partial charge in [0, 0.05) is 53.0 Å². The lowest BCUT2D eigenvalue weighted by Gasteiger charge is -2.14. The van der Waals surface area contributed by atoms with Gasteiger partial charge in [0.1, 0.15) is 11.2 Å². The Morgan fingerprint density at radius 3 is 1.96 bits per heavy atom. The monoisotopic (exact) mass is 667 g/mol. The van der Waals surface area contributed by atoms with E-state index in [4.69, 9.17) is 4.42 Å². The fraction of sp³-hybridized carbons (Fsp3) is 0. The summed E-state index contributed by atoms with van der Waals surface area (Å²) in [6.45, 7) is 0. The van der Waals surface area contributed by atoms with E-state index in [9.17, 15) is 0 Å². The summed E-state index contributed by atoms with van der Waals surface area (Å²) in [5.41, 5.74) is 12.6. The molecule has 51 heavy (non-hydrogen) atoms. The summed E-state index contributed by atoms with van der Waals surface area (Å²) in [5, 5.41) is 7.35. The second-order valence-corrected chi connectivity index (χ2v) is 14.4. The first-order chi connectivity index (χ1) is 25.3. The molecule has 11 rings (SSSR count). The van der Waals surface area contributed by atoms with E-state index in [1.165, 1.54) is 75.4 Å². The van der Waals surface area contributed by atoms with Crippen LogP contribution in [0.2, 0.25) is 0 Å². The molecule has 11 aromatic rings. The van der Waals surface area contributed by atoms with Crippen molar-refractivity contribution >= 4 is 75.3 Å². The molecule has 2 nitrogen and oxygen atoms in total. The lowest BCUT2D eigenvalue weighted by atomic mass is 9.97. The quantitative estimate of drug-likeness (QED) is 0.183. The molecule has 0 aliphatic carbocycles. The third-order valence-corrected chi connectivity index (χ3v) is 11.6. The summed E-state index contributed by atoms with van der Waals surface area (Å²) in [5.74, 6) is 0. The van der Waals surface area contributed by atoms with Crippen molar-refractivity contribution in [2.24, 2.45) is 0 Å². The first kappa shape index (κ1) is 28.4. The van der Waals surface area contributed by atoms with Gasteiger partial charge in [0.2, 0.25) is 0 Å². The van der Waals surface area contributed by atoms with Crippen LogP contribution >= 0.6 is 11.3 Å². The van der Waals surface area contributed by atoms with E-state index in [0.717, 1.165) is 27.6 Å². The summed E-state index contributed by atoms with van der Waals surface area (Å²) >= 11 is 1.88. The van der Waals surface area contributed by atoms with E-state index in [2.05, 4.69) is 168 Å². The molecule has 0 fully saturated rings. The van der Waals surface area contributed by atoms with E-state index in [0.29, 0.717) is 0 Å². The molecule has 3 aromatic heterocycles. The SMILES string of the molecule is c1ccc(-c2cccc(-c3cc(-n4c5ccccc5c5ccc(-c6ccc7oc8ccccc8c7c6)cc54)cc4c3sc3ccccc34)c2)cc1. The summed E-state index contributed by atoms with van der Waals surface area (Å²) in [4.78, 5) is 0. The summed E-state index contributed by atoms with van der Waals surface area (Å²) in [7, 11) is 0. The zero-order valence-corrected chi connectivity index (χ0v) is 28.3. The number of fused-ring (bicyclic) bond motifs is 9. The van der Waals surface area contributed by atoms with Crippen LogP contribution in [0.1, 0.15) is 0 Å². The number of aromatic nitrogens is 1. The Kier molecular flexibility index (Phi) is 6.16. The molecule has 0 aliphatic rings. The zero-order chi connectivity index (χ0) is 33.5. The number of rotatable bonds is 4. The largest absolute Gasteiger partial charge is 0.456 e. The number of thiophene rings is 1. The minimum atomic E-state index is 0.912. The molecule has 0 atom stereocenters. The molecule has 3 heteroatoms. The fourth-order valence-electron chi connectivity index (χ4n) is 7.99. The summed E-state index contributed by atoms with van der Waals surface area (Å²) in [6, 6.07) is 63.9. The Morgan fingerprint density at radius 2 is 1.04 bits per heavy atom. The first-order valence-electron chi connectivity index (χ1n) is 17.3. The second kappa shape index (κ2) is 11.0. The topological polar surface area (TPSA) is 18.1 Å². The predicted molar refractivity (Wildman–Crippen MR) is 217 cm³/mol. The molecule has 0 radical (unpaired) electrons. The van der Waals surface area contributed by atoms with Gasteiger partial charge >= 0.3 is 0 Å². The van der Waals surface area contributed by atoms with Crippen molar-refractivity contribution in [1.29, 1.82) is 0 Å². The molecule has 8 aromatic carbocycles. The highest BCUT2D eigenvalue weighted by Crippen LogP contribution is 2.44. The highest BCUT2D eigenvalue weighted by atomic mass is 32.1. The maximum Gasteiger partial charge on any atom is 0.135 e. The Morgan fingerprint density at radius 1 is 0.373 bits per heavy atom. The van der Waals surface area contributed by atoms with Crippen molar-refractivity contribution in [3.63, 3.8) is 0 Å². The van der Waals surface area contributed by atoms with E-state index in [1.807, 2.05) is 23.5 Å². The standard InChI is InChI=1S/C48H29NOS/c1-2-11-30(12-3-1)31-13-10-14-34(25-31)40-28-35(29-42-39-17-6-9-20-47(39)51-48(40)42)49-43-18-7-4-15-36(43)37-23-21-33(27-44(37)49)32-22-24-46-41(26-32)38-16-5-8-19-45(38)50-46/h1-29H. The van der Waals surface area contributed by atoms with Crippen molar-refractivity contribution in [3.05, 3.63) is 176 Å². The minimum absolute atomic E-state index is 0.912. The maximum atomic E-state index is 6.17. The van der Waals surface area contributed by atoms with Crippen molar-refractivity contribution in [1.82, 2.24) is 4.57 Å². The van der Waals surface area contributed by atoms with Crippen LogP contribution in [0.25, 0.3) is 103 Å². The Balaban J connectivity index is 1.18. The van der Waals surface area contributed by atoms with Gasteiger partial charge in [-0.3, -0.25) is 0 Å². The Bertz CT molecular complexity index is 3140. The highest BCUT2D eigenvalue weighted by molar-refractivity contribution is 7.26. The molecule has 0 aliphatic heterocycles. The van der Waals surface area contributed by atoms with Gasteiger partial charge in [-0.2, -0.15) is 0 Å². The van der Waals surface area contributed by atoms with Crippen LogP contribution < -0.4 is 0 Å². The summed E-state index contributed by atoms with van der Waals surface area (Å²) < 4.78 is 11.2. The van der Waals surface area contributed by atoms with Gasteiger partial charge in [-0.25, -0.2) is 0 Å². The van der Waals surface area contributed by atoms with Crippen LogP contribution in [-0.4, -0.2) is 4.57 Å². The summed E-state index contributed by atoms with van der Waals surface area (Å²) in [6.07, 6.45) is 0. The molecule has 0 N–H and O–H groups in total. The number of hydrogen-bond acceptors (Lipinski definition) is 2. The molecule has 0 amide bonds. The van der Waals surface area contributed by atoms with Crippen LogP contribution in [-0.2, 0) is 0 Å². The van der Waals surface area contributed by atoms with Crippen LogP contribution in [0.15, 0.2) is 180 Å². The van der Waals surface area contributed by atoms with E-state index < -0.39 is 0 Å². The minimum Gasteiger partial charge on any atom is -0.456 e. The molecule has 0 unspecified atom stereocenters. The Labute approximate surface area is 298 Å². The number of nitrogens with zero attached hydrogens (tertiary/aromatic N) is 1. The zero-order valence-electron chi connectivity index (χ0n) is 27.5.